The number of halogens is 2. The van der Waals surface area contributed by atoms with Crippen molar-refractivity contribution in [1.82, 2.24) is 30.0 Å². The number of piperazine rings is 1. The van der Waals surface area contributed by atoms with Crippen molar-refractivity contribution in [3.05, 3.63) is 59.4 Å². The molecule has 0 saturated carbocycles. The van der Waals surface area contributed by atoms with Crippen molar-refractivity contribution in [3.63, 3.8) is 0 Å². The van der Waals surface area contributed by atoms with E-state index in [4.69, 9.17) is 10.5 Å². The fraction of sp³-hybridized carbons (Fsp3) is 0.448. The minimum absolute atomic E-state index is 0.0463. The van der Waals surface area contributed by atoms with Crippen molar-refractivity contribution < 1.29 is 18.3 Å². The molecular formula is C29H37F2N9O2. The van der Waals surface area contributed by atoms with Crippen LogP contribution in [0.1, 0.15) is 32.0 Å². The predicted molar refractivity (Wildman–Crippen MR) is 158 cm³/mol. The summed E-state index contributed by atoms with van der Waals surface area (Å²) in [5.74, 6) is 0.232. The van der Waals surface area contributed by atoms with Crippen LogP contribution in [0, 0.1) is 18.6 Å². The lowest BCUT2D eigenvalue weighted by atomic mass is 10.1. The van der Waals surface area contributed by atoms with Crippen molar-refractivity contribution in [1.29, 1.82) is 0 Å². The van der Waals surface area contributed by atoms with Gasteiger partial charge in [-0.2, -0.15) is 15.1 Å². The van der Waals surface area contributed by atoms with Gasteiger partial charge < -0.3 is 25.6 Å². The number of ether oxygens (including phenoxy) is 1. The average Bonchev–Trinajstić information content (AvgIpc) is 3.24. The molecule has 0 spiro atoms. The molecule has 0 aliphatic carbocycles. The first-order chi connectivity index (χ1) is 19.9. The molecule has 0 unspecified atom stereocenters. The van der Waals surface area contributed by atoms with Crippen LogP contribution in [0.15, 0.2) is 36.5 Å². The molecule has 3 aromatic rings. The highest BCUT2D eigenvalue weighted by Crippen LogP contribution is 2.24. The summed E-state index contributed by atoms with van der Waals surface area (Å²) in [7, 11) is 0. The second kappa shape index (κ2) is 11.9. The van der Waals surface area contributed by atoms with Crippen LogP contribution < -0.4 is 20.9 Å². The molecule has 224 valence electrons. The van der Waals surface area contributed by atoms with Gasteiger partial charge in [0.2, 0.25) is 5.95 Å². The quantitative estimate of drug-likeness (QED) is 0.433. The van der Waals surface area contributed by atoms with E-state index in [1.165, 1.54) is 12.1 Å². The Morgan fingerprint density at radius 1 is 1.05 bits per heavy atom. The topological polar surface area (TPSA) is 118 Å². The van der Waals surface area contributed by atoms with Gasteiger partial charge in [0.15, 0.2) is 5.82 Å². The van der Waals surface area contributed by atoms with Gasteiger partial charge in [-0.25, -0.2) is 18.3 Å². The lowest BCUT2D eigenvalue weighted by Crippen LogP contribution is -2.60. The zero-order chi connectivity index (χ0) is 30.0. The number of nitrogens with one attached hydrogen (secondary N) is 1. The molecule has 11 nitrogen and oxygen atoms in total. The first-order valence-corrected chi connectivity index (χ1v) is 14.0. The second-order valence-corrected chi connectivity index (χ2v) is 11.6. The molecule has 2 aromatic heterocycles. The van der Waals surface area contributed by atoms with Crippen LogP contribution in [0.5, 0.6) is 0 Å². The van der Waals surface area contributed by atoms with Crippen LogP contribution in [0.3, 0.4) is 0 Å². The number of nitrogen functional groups attached to an aromatic ring is 1. The van der Waals surface area contributed by atoms with Crippen LogP contribution in [0.2, 0.25) is 0 Å². The van der Waals surface area contributed by atoms with Gasteiger partial charge in [-0.3, -0.25) is 4.90 Å². The number of anilines is 3. The molecule has 5 rings (SSSR count). The molecule has 0 atom stereocenters. The third-order valence-corrected chi connectivity index (χ3v) is 7.15. The lowest BCUT2D eigenvalue weighted by molar-refractivity contribution is 0.0496. The molecule has 1 aromatic carbocycles. The largest absolute Gasteiger partial charge is 0.444 e. The van der Waals surface area contributed by atoms with Crippen molar-refractivity contribution in [3.8, 4) is 5.82 Å². The number of nitrogens with two attached hydrogens (primary N) is 1. The number of carbonyl (C=O) groups is 1. The Bertz CT molecular complexity index is 1440. The maximum atomic E-state index is 13.6. The van der Waals surface area contributed by atoms with Crippen molar-refractivity contribution in [2.45, 2.75) is 39.3 Å². The smallest absolute Gasteiger partial charge is 0.407 e. The van der Waals surface area contributed by atoms with Gasteiger partial charge in [0.05, 0.1) is 17.9 Å². The molecule has 0 bridgehead atoms. The van der Waals surface area contributed by atoms with E-state index in [2.05, 4.69) is 31.4 Å². The monoisotopic (exact) mass is 581 g/mol. The van der Waals surface area contributed by atoms with E-state index in [9.17, 15) is 13.6 Å². The van der Waals surface area contributed by atoms with Crippen molar-refractivity contribution >= 4 is 29.6 Å². The fourth-order valence-electron chi connectivity index (χ4n) is 5.00. The fourth-order valence-corrected chi connectivity index (χ4v) is 5.00. The lowest BCUT2D eigenvalue weighted by Gasteiger charge is -2.40. The Morgan fingerprint density at radius 3 is 2.38 bits per heavy atom. The van der Waals surface area contributed by atoms with E-state index in [-0.39, 0.29) is 12.0 Å². The van der Waals surface area contributed by atoms with Crippen LogP contribution in [0.25, 0.3) is 11.9 Å². The summed E-state index contributed by atoms with van der Waals surface area (Å²) in [6, 6.07) is 5.42. The summed E-state index contributed by atoms with van der Waals surface area (Å²) in [4.78, 5) is 27.1. The van der Waals surface area contributed by atoms with E-state index < -0.39 is 23.3 Å². The summed E-state index contributed by atoms with van der Waals surface area (Å²) in [6.45, 7) is 12.3. The molecule has 4 heterocycles. The van der Waals surface area contributed by atoms with E-state index in [1.807, 2.05) is 49.6 Å². The van der Waals surface area contributed by atoms with Gasteiger partial charge in [-0.1, -0.05) is 12.2 Å². The number of alkyl carbamates (subject to hydrolysis) is 1. The number of carbonyl (C=O) groups excluding carboxylic acids is 1. The van der Waals surface area contributed by atoms with Gasteiger partial charge in [-0.05, 0) is 39.8 Å². The van der Waals surface area contributed by atoms with Crippen molar-refractivity contribution in [2.24, 2.45) is 0 Å². The minimum Gasteiger partial charge on any atom is -0.444 e. The molecule has 1 amide bonds. The Hall–Kier alpha value is -4.26. The maximum absolute atomic E-state index is 13.6. The third-order valence-electron chi connectivity index (χ3n) is 7.15. The summed E-state index contributed by atoms with van der Waals surface area (Å²) in [5, 5.41) is 7.40. The molecule has 42 heavy (non-hydrogen) atoms. The van der Waals surface area contributed by atoms with E-state index in [0.29, 0.717) is 43.5 Å². The summed E-state index contributed by atoms with van der Waals surface area (Å²) in [5.41, 5.74) is 7.92. The molecule has 2 aliphatic heterocycles. The minimum atomic E-state index is -0.561. The average molecular weight is 582 g/mol. The molecule has 2 aliphatic rings. The number of benzene rings is 1. The maximum Gasteiger partial charge on any atom is 0.407 e. The first-order valence-electron chi connectivity index (χ1n) is 14.0. The molecule has 2 saturated heterocycles. The highest BCUT2D eigenvalue weighted by atomic mass is 19.1. The predicted octanol–water partition coefficient (Wildman–Crippen LogP) is 3.38. The Balaban J connectivity index is 1.15. The van der Waals surface area contributed by atoms with E-state index >= 15 is 0 Å². The zero-order valence-corrected chi connectivity index (χ0v) is 24.3. The third kappa shape index (κ3) is 7.14. The Labute approximate surface area is 244 Å². The van der Waals surface area contributed by atoms with Crippen LogP contribution in [-0.2, 0) is 4.74 Å². The molecular weight excluding hydrogens is 544 g/mol. The molecule has 2 fully saturated rings. The number of hydrogen-bond donors (Lipinski definition) is 2. The van der Waals surface area contributed by atoms with Gasteiger partial charge in [0.25, 0.3) is 0 Å². The van der Waals surface area contributed by atoms with Gasteiger partial charge in [0, 0.05) is 69.2 Å². The zero-order valence-electron chi connectivity index (χ0n) is 24.3. The van der Waals surface area contributed by atoms with Gasteiger partial charge in [0.1, 0.15) is 23.1 Å². The van der Waals surface area contributed by atoms with Crippen LogP contribution in [-0.4, -0.2) is 88.2 Å². The molecule has 0 radical (unpaired) electrons. The summed E-state index contributed by atoms with van der Waals surface area (Å²) >= 11 is 0. The Morgan fingerprint density at radius 2 is 1.71 bits per heavy atom. The van der Waals surface area contributed by atoms with Crippen LogP contribution >= 0.6 is 0 Å². The number of nitrogens with zero attached hydrogens (tertiary/aromatic N) is 7. The normalized spacial score (nSPS) is 16.6. The number of rotatable bonds is 7. The van der Waals surface area contributed by atoms with Crippen LogP contribution in [0.4, 0.5) is 31.0 Å². The molecule has 3 N–H and O–H groups in total. The first kappa shape index (κ1) is 29.2. The number of amides is 1. The second-order valence-electron chi connectivity index (χ2n) is 11.6. The molecule has 13 heteroatoms. The van der Waals surface area contributed by atoms with Gasteiger partial charge in [-0.15, -0.1) is 0 Å². The Kier molecular flexibility index (Phi) is 8.30. The standard InChI is InChI=1S/C29H37F2N9O2/c1-19-20(6-5-7-37-8-10-38(11-9-37)24-13-21(30)12-22(31)14-24)16-33-40(19)26-15-25(35-27(32)36-26)39-17-23(18-39)34-28(41)42-29(2,3)4/h5-6,12-16,23H,7-11,17-18H2,1-4H3,(H,34,41)(H2,32,35,36)/b6-5+. The number of aromatic nitrogens is 4. The van der Waals surface area contributed by atoms with E-state index in [0.717, 1.165) is 37.0 Å². The summed E-state index contributed by atoms with van der Waals surface area (Å²) < 4.78 is 34.2. The highest BCUT2D eigenvalue weighted by molar-refractivity contribution is 5.69. The highest BCUT2D eigenvalue weighted by Gasteiger charge is 2.31. The number of hydrogen-bond acceptors (Lipinski definition) is 9. The van der Waals surface area contributed by atoms with Crippen molar-refractivity contribution in [2.75, 3.05) is 61.3 Å². The SMILES string of the molecule is Cc1c(/C=C/CN2CCN(c3cc(F)cc(F)c3)CC2)cnn1-c1cc(N2CC(NC(=O)OC(C)(C)C)C2)nc(N)n1. The van der Waals surface area contributed by atoms with E-state index in [1.54, 1.807) is 10.9 Å². The summed E-state index contributed by atoms with van der Waals surface area (Å²) in [6.07, 6.45) is 5.46. The van der Waals surface area contributed by atoms with Gasteiger partial charge >= 0.3 is 6.09 Å².